The third kappa shape index (κ3) is 10.0. The van der Waals surface area contributed by atoms with Crippen molar-refractivity contribution in [2.75, 3.05) is 6.54 Å². The van der Waals surface area contributed by atoms with Crippen molar-refractivity contribution in [1.29, 1.82) is 0 Å². The van der Waals surface area contributed by atoms with Gasteiger partial charge in [0.2, 0.25) is 23.6 Å². The first-order chi connectivity index (χ1) is 13.4. The largest absolute Gasteiger partial charge is 0.481 e. The van der Waals surface area contributed by atoms with Gasteiger partial charge in [0.1, 0.15) is 18.1 Å². The Bertz CT molecular complexity index is 652. The lowest BCUT2D eigenvalue weighted by atomic mass is 10.1. The number of aliphatic hydroxyl groups is 1. The molecule has 0 aromatic carbocycles. The second kappa shape index (κ2) is 12.2. The maximum absolute atomic E-state index is 12.3. The van der Waals surface area contributed by atoms with E-state index in [4.69, 9.17) is 21.7 Å². The van der Waals surface area contributed by atoms with Crippen LogP contribution in [0, 0.1) is 0 Å². The first kappa shape index (κ1) is 25.7. The average Bonchev–Trinajstić information content (AvgIpc) is 2.60. The lowest BCUT2D eigenvalue weighted by molar-refractivity contribution is -0.144. The highest BCUT2D eigenvalue weighted by atomic mass is 16.4. The van der Waals surface area contributed by atoms with Gasteiger partial charge in [-0.3, -0.25) is 24.0 Å². The molecule has 4 amide bonds. The van der Waals surface area contributed by atoms with Crippen LogP contribution in [0.1, 0.15) is 26.2 Å². The van der Waals surface area contributed by atoms with E-state index in [0.717, 1.165) is 6.92 Å². The number of carbonyl (C=O) groups is 6. The van der Waals surface area contributed by atoms with Crippen molar-refractivity contribution in [3.8, 4) is 0 Å². The molecule has 0 spiro atoms. The maximum Gasteiger partial charge on any atom is 0.326 e. The molecule has 0 bridgehead atoms. The highest BCUT2D eigenvalue weighted by molar-refractivity contribution is 5.95. The summed E-state index contributed by atoms with van der Waals surface area (Å²) in [4.78, 5) is 68.9. The van der Waals surface area contributed by atoms with Crippen LogP contribution in [0.15, 0.2) is 0 Å². The summed E-state index contributed by atoms with van der Waals surface area (Å²) < 4.78 is 0. The van der Waals surface area contributed by atoms with Crippen LogP contribution in [0.25, 0.3) is 0 Å². The van der Waals surface area contributed by atoms with Gasteiger partial charge >= 0.3 is 11.9 Å². The first-order valence-electron chi connectivity index (χ1n) is 8.40. The van der Waals surface area contributed by atoms with Gasteiger partial charge in [-0.2, -0.15) is 0 Å². The smallest absolute Gasteiger partial charge is 0.326 e. The van der Waals surface area contributed by atoms with Crippen LogP contribution in [0.4, 0.5) is 0 Å². The molecule has 0 aromatic heterocycles. The van der Waals surface area contributed by atoms with Gasteiger partial charge in [-0.25, -0.2) is 4.79 Å². The molecular formula is C15H25N5O9. The van der Waals surface area contributed by atoms with Crippen molar-refractivity contribution in [3.63, 3.8) is 0 Å². The number of aliphatic carboxylic acids is 2. The first-order valence-corrected chi connectivity index (χ1v) is 8.40. The van der Waals surface area contributed by atoms with Crippen molar-refractivity contribution in [2.45, 2.75) is 50.4 Å². The molecule has 164 valence electrons. The molecule has 10 N–H and O–H groups in total. The molecule has 14 nitrogen and oxygen atoms in total. The second-order valence-corrected chi connectivity index (χ2v) is 6.05. The highest BCUT2D eigenvalue weighted by Crippen LogP contribution is 2.02. The van der Waals surface area contributed by atoms with Crippen molar-refractivity contribution >= 4 is 35.6 Å². The quantitative estimate of drug-likeness (QED) is 0.142. The standard InChI is InChI=1S/C15H25N5O9/c1-6(21)12(14(27)19-7(15(28)29)2-3-9(17)22)20-13(26)8(4-11(24)25)18-10(23)5-16/h6-8,12,21H,2-5,16H2,1H3,(H2,17,22)(H,18,23)(H,19,27)(H,20,26)(H,24,25)(H,28,29). The Kier molecular flexibility index (Phi) is 10.9. The Balaban J connectivity index is 5.29. The molecule has 0 aliphatic rings. The van der Waals surface area contributed by atoms with E-state index in [-0.39, 0.29) is 12.8 Å². The monoisotopic (exact) mass is 419 g/mol. The van der Waals surface area contributed by atoms with E-state index in [1.54, 1.807) is 0 Å². The number of nitrogens with one attached hydrogen (secondary N) is 3. The number of carbonyl (C=O) groups excluding carboxylic acids is 4. The van der Waals surface area contributed by atoms with E-state index >= 15 is 0 Å². The summed E-state index contributed by atoms with van der Waals surface area (Å²) in [6, 6.07) is -4.80. The summed E-state index contributed by atoms with van der Waals surface area (Å²) in [5, 5.41) is 33.9. The third-order valence-corrected chi connectivity index (χ3v) is 3.57. The summed E-state index contributed by atoms with van der Waals surface area (Å²) >= 11 is 0. The van der Waals surface area contributed by atoms with Crippen LogP contribution >= 0.6 is 0 Å². The molecule has 0 rings (SSSR count). The molecule has 0 heterocycles. The molecule has 4 atom stereocenters. The SMILES string of the molecule is CC(O)C(NC(=O)C(CC(=O)O)NC(=O)CN)C(=O)NC(CCC(N)=O)C(=O)O. The fourth-order valence-electron chi connectivity index (χ4n) is 2.10. The Hall–Kier alpha value is -3.26. The molecule has 14 heteroatoms. The number of nitrogens with two attached hydrogens (primary N) is 2. The summed E-state index contributed by atoms with van der Waals surface area (Å²) in [6.45, 7) is 0.595. The molecule has 29 heavy (non-hydrogen) atoms. The van der Waals surface area contributed by atoms with Gasteiger partial charge in [0.15, 0.2) is 0 Å². The number of aliphatic hydroxyl groups excluding tert-OH is 1. The number of carboxylic acids is 2. The van der Waals surface area contributed by atoms with Crippen LogP contribution in [-0.2, 0) is 28.8 Å². The highest BCUT2D eigenvalue weighted by Gasteiger charge is 2.32. The van der Waals surface area contributed by atoms with Crippen molar-refractivity contribution in [3.05, 3.63) is 0 Å². The third-order valence-electron chi connectivity index (χ3n) is 3.57. The number of rotatable bonds is 13. The topological polar surface area (TPSA) is 251 Å². The molecule has 0 aliphatic heterocycles. The van der Waals surface area contributed by atoms with Gasteiger partial charge in [-0.1, -0.05) is 0 Å². The fraction of sp³-hybridized carbons (Fsp3) is 0.600. The zero-order valence-corrected chi connectivity index (χ0v) is 15.6. The van der Waals surface area contributed by atoms with Gasteiger partial charge in [-0.05, 0) is 13.3 Å². The van der Waals surface area contributed by atoms with Gasteiger partial charge in [0.05, 0.1) is 19.1 Å². The predicted molar refractivity (Wildman–Crippen MR) is 94.8 cm³/mol. The van der Waals surface area contributed by atoms with Gasteiger partial charge in [-0.15, -0.1) is 0 Å². The Morgan fingerprint density at radius 3 is 1.93 bits per heavy atom. The minimum atomic E-state index is -1.68. The van der Waals surface area contributed by atoms with Crippen LogP contribution in [0.5, 0.6) is 0 Å². The fourth-order valence-corrected chi connectivity index (χ4v) is 2.10. The summed E-state index contributed by atoms with van der Waals surface area (Å²) in [6.07, 6.45) is -3.01. The van der Waals surface area contributed by atoms with Crippen LogP contribution in [0.3, 0.4) is 0 Å². The normalized spacial score (nSPS) is 14.6. The maximum atomic E-state index is 12.3. The van der Waals surface area contributed by atoms with E-state index in [1.165, 1.54) is 0 Å². The number of carboxylic acid groups (broad SMARTS) is 2. The number of amides is 4. The minimum absolute atomic E-state index is 0.328. The molecule has 0 fully saturated rings. The molecule has 0 saturated carbocycles. The molecule has 0 aliphatic carbocycles. The number of hydrogen-bond acceptors (Lipinski definition) is 8. The van der Waals surface area contributed by atoms with Crippen LogP contribution in [-0.4, -0.2) is 81.7 Å². The summed E-state index contributed by atoms with van der Waals surface area (Å²) in [5.74, 6) is -6.75. The van der Waals surface area contributed by atoms with Gasteiger partial charge in [0.25, 0.3) is 0 Å². The van der Waals surface area contributed by atoms with Crippen LogP contribution < -0.4 is 27.4 Å². The molecule has 4 unspecified atom stereocenters. The number of hydrogen-bond donors (Lipinski definition) is 8. The lowest BCUT2D eigenvalue weighted by Gasteiger charge is -2.25. The van der Waals surface area contributed by atoms with E-state index in [2.05, 4.69) is 10.6 Å². The Morgan fingerprint density at radius 2 is 1.52 bits per heavy atom. The lowest BCUT2D eigenvalue weighted by Crippen LogP contribution is -2.59. The Morgan fingerprint density at radius 1 is 0.931 bits per heavy atom. The molecule has 0 saturated heterocycles. The summed E-state index contributed by atoms with van der Waals surface area (Å²) in [5.41, 5.74) is 10.0. The van der Waals surface area contributed by atoms with E-state index in [0.29, 0.717) is 0 Å². The zero-order chi connectivity index (χ0) is 22.7. The van der Waals surface area contributed by atoms with E-state index < -0.39 is 72.8 Å². The number of primary amides is 1. The summed E-state index contributed by atoms with van der Waals surface area (Å²) in [7, 11) is 0. The van der Waals surface area contributed by atoms with Crippen molar-refractivity contribution < 1.29 is 44.1 Å². The molecular weight excluding hydrogens is 394 g/mol. The Labute approximate surface area is 165 Å². The van der Waals surface area contributed by atoms with Crippen molar-refractivity contribution in [2.24, 2.45) is 11.5 Å². The second-order valence-electron chi connectivity index (χ2n) is 6.05. The zero-order valence-electron chi connectivity index (χ0n) is 15.6. The van der Waals surface area contributed by atoms with Crippen molar-refractivity contribution in [1.82, 2.24) is 16.0 Å². The molecule has 0 aromatic rings. The van der Waals surface area contributed by atoms with E-state index in [1.807, 2.05) is 5.32 Å². The predicted octanol–water partition coefficient (Wildman–Crippen LogP) is -4.39. The van der Waals surface area contributed by atoms with E-state index in [9.17, 15) is 33.9 Å². The average molecular weight is 419 g/mol. The van der Waals surface area contributed by atoms with Gasteiger partial charge < -0.3 is 42.7 Å². The minimum Gasteiger partial charge on any atom is -0.481 e. The van der Waals surface area contributed by atoms with Gasteiger partial charge in [0, 0.05) is 6.42 Å². The molecule has 0 radical (unpaired) electrons. The van der Waals surface area contributed by atoms with Crippen LogP contribution in [0.2, 0.25) is 0 Å².